The van der Waals surface area contributed by atoms with Gasteiger partial charge >= 0.3 is 5.97 Å². The Hall–Kier alpha value is -2.13. The van der Waals surface area contributed by atoms with E-state index in [9.17, 15) is 19.5 Å². The first kappa shape index (κ1) is 32.8. The molecule has 3 heterocycles. The van der Waals surface area contributed by atoms with Crippen molar-refractivity contribution in [2.75, 3.05) is 13.7 Å². The van der Waals surface area contributed by atoms with E-state index in [0.29, 0.717) is 0 Å². The van der Waals surface area contributed by atoms with Crippen molar-refractivity contribution in [3.63, 3.8) is 0 Å². The maximum absolute atomic E-state index is 13.4. The Labute approximate surface area is 250 Å². The number of esters is 1. The smallest absolute Gasteiger partial charge is 0.330 e. The number of Topliss-reactive ketones (excluding diaryl/α,β-unsaturated/α-hetero) is 2. The summed E-state index contributed by atoms with van der Waals surface area (Å²) in [5, 5.41) is 10.5. The molecule has 3 aliphatic heterocycles. The number of aliphatic hydroxyl groups excluding tert-OH is 1. The number of methoxy groups -OCH3 is 1. The lowest BCUT2D eigenvalue weighted by Crippen LogP contribution is -2.40. The van der Waals surface area contributed by atoms with Crippen molar-refractivity contribution in [2.45, 2.75) is 110 Å². The van der Waals surface area contributed by atoms with Gasteiger partial charge in [-0.05, 0) is 74.7 Å². The van der Waals surface area contributed by atoms with Crippen LogP contribution >= 0.6 is 0 Å². The topological polar surface area (TPSA) is 108 Å². The molecule has 1 N–H and O–H groups in total. The van der Waals surface area contributed by atoms with Gasteiger partial charge in [-0.25, -0.2) is 0 Å². The highest BCUT2D eigenvalue weighted by Gasteiger charge is 2.48. The minimum absolute atomic E-state index is 0.0271. The second-order valence-corrected chi connectivity index (χ2v) is 13.0. The summed E-state index contributed by atoms with van der Waals surface area (Å²) in [4.78, 5) is 38.2. The van der Waals surface area contributed by atoms with E-state index in [1.807, 2.05) is 13.8 Å². The van der Waals surface area contributed by atoms with Crippen LogP contribution in [0.4, 0.5) is 0 Å². The van der Waals surface area contributed by atoms with E-state index >= 15 is 0 Å². The summed E-state index contributed by atoms with van der Waals surface area (Å²) >= 11 is 0. The van der Waals surface area contributed by atoms with Gasteiger partial charge in [-0.15, -0.1) is 0 Å². The van der Waals surface area contributed by atoms with Gasteiger partial charge in [-0.1, -0.05) is 58.4 Å². The predicted octanol–water partition coefficient (Wildman–Crippen LogP) is 5.13. The Morgan fingerprint density at radius 3 is 2.50 bits per heavy atom. The molecule has 0 aromatic rings. The third-order valence-corrected chi connectivity index (χ3v) is 10.2. The minimum atomic E-state index is -1.42. The first-order chi connectivity index (χ1) is 20.0. The standard InChI is InChI=1S/C34H50O8/c1-19-9-7-10-24(29(19)21(3)31(36)30-32(37)23(5)40-34(30)38)17-25(18-35)33-20(2)13-14-27(42-33)12-8-11-26-15-16-28(41-26)22(4)39-6/h8,12,17,19-22,24,26-30,33,35H,5,7,9-11,13-16,18H2,1-4,6H3/b12-8+,25-17+/t19-,20-,21?,22?,24+,26+,27-,28-,29-,30?,33-/m0/s1. The third kappa shape index (κ3) is 7.32. The van der Waals surface area contributed by atoms with E-state index in [-0.39, 0.29) is 66.6 Å². The molecule has 3 saturated heterocycles. The van der Waals surface area contributed by atoms with E-state index < -0.39 is 29.4 Å². The second kappa shape index (κ2) is 14.6. The van der Waals surface area contributed by atoms with Crippen LogP contribution < -0.4 is 0 Å². The lowest BCUT2D eigenvalue weighted by atomic mass is 9.64. The zero-order valence-corrected chi connectivity index (χ0v) is 26.0. The zero-order chi connectivity index (χ0) is 30.6. The maximum atomic E-state index is 13.4. The number of carbonyl (C=O) groups is 3. The number of cyclic esters (lactones) is 1. The monoisotopic (exact) mass is 586 g/mol. The number of carbonyl (C=O) groups excluding carboxylic acids is 3. The summed E-state index contributed by atoms with van der Waals surface area (Å²) in [6.07, 6.45) is 14.3. The number of ketones is 2. The van der Waals surface area contributed by atoms with Crippen LogP contribution in [0.25, 0.3) is 0 Å². The molecule has 3 unspecified atom stereocenters. The molecule has 234 valence electrons. The van der Waals surface area contributed by atoms with Gasteiger partial charge in [0, 0.05) is 13.0 Å². The maximum Gasteiger partial charge on any atom is 0.330 e. The summed E-state index contributed by atoms with van der Waals surface area (Å²) in [5.74, 6) is -3.59. The third-order valence-electron chi connectivity index (χ3n) is 10.2. The molecule has 1 aliphatic carbocycles. The molecule has 0 bridgehead atoms. The quantitative estimate of drug-likeness (QED) is 0.154. The first-order valence-corrected chi connectivity index (χ1v) is 15.9. The van der Waals surface area contributed by atoms with Crippen molar-refractivity contribution in [2.24, 2.45) is 35.5 Å². The fraction of sp³-hybridized carbons (Fsp3) is 0.735. The molecule has 4 rings (SSSR count). The van der Waals surface area contributed by atoms with Gasteiger partial charge in [0.2, 0.25) is 5.78 Å². The first-order valence-electron chi connectivity index (χ1n) is 15.9. The van der Waals surface area contributed by atoms with Gasteiger partial charge in [0.15, 0.2) is 17.5 Å². The van der Waals surface area contributed by atoms with Gasteiger partial charge in [-0.2, -0.15) is 0 Å². The van der Waals surface area contributed by atoms with Crippen LogP contribution in [-0.2, 0) is 33.3 Å². The highest BCUT2D eigenvalue weighted by Crippen LogP contribution is 2.43. The SMILES string of the molecule is C=C1OC(=O)C(C(=O)C(C)[C@@H]2[C@@H](C)CCC[C@@H]2/C=C(\CO)[C@H]2O[C@@H](/C=C/C[C@@H]3CC[C@@H](C(C)OC)O3)CC[C@@H]2C)C1=O. The van der Waals surface area contributed by atoms with Gasteiger partial charge in [0.25, 0.3) is 0 Å². The summed E-state index contributed by atoms with van der Waals surface area (Å²) in [6, 6.07) is 0. The molecule has 8 nitrogen and oxygen atoms in total. The number of ether oxygens (including phenoxy) is 4. The second-order valence-electron chi connectivity index (χ2n) is 13.0. The summed E-state index contributed by atoms with van der Waals surface area (Å²) in [7, 11) is 1.72. The molecule has 0 radical (unpaired) electrons. The van der Waals surface area contributed by atoms with E-state index in [4.69, 9.17) is 18.9 Å². The van der Waals surface area contributed by atoms with E-state index in [1.165, 1.54) is 0 Å². The van der Waals surface area contributed by atoms with Crippen molar-refractivity contribution in [3.05, 3.63) is 36.1 Å². The van der Waals surface area contributed by atoms with Gasteiger partial charge in [0.1, 0.15) is 0 Å². The number of rotatable bonds is 11. The largest absolute Gasteiger partial charge is 0.422 e. The fourth-order valence-corrected chi connectivity index (χ4v) is 7.60. The van der Waals surface area contributed by atoms with Crippen molar-refractivity contribution in [1.82, 2.24) is 0 Å². The van der Waals surface area contributed by atoms with Crippen molar-refractivity contribution >= 4 is 17.5 Å². The molecular weight excluding hydrogens is 536 g/mol. The van der Waals surface area contributed by atoms with Crippen molar-refractivity contribution in [3.8, 4) is 0 Å². The molecule has 1 saturated carbocycles. The zero-order valence-electron chi connectivity index (χ0n) is 26.0. The molecule has 0 aromatic heterocycles. The number of aliphatic hydroxyl groups is 1. The summed E-state index contributed by atoms with van der Waals surface area (Å²) < 4.78 is 23.0. The minimum Gasteiger partial charge on any atom is -0.422 e. The van der Waals surface area contributed by atoms with E-state index in [0.717, 1.165) is 56.9 Å². The van der Waals surface area contributed by atoms with E-state index in [1.54, 1.807) is 7.11 Å². The lowest BCUT2D eigenvalue weighted by Gasteiger charge is -2.40. The van der Waals surface area contributed by atoms with Gasteiger partial charge < -0.3 is 24.1 Å². The van der Waals surface area contributed by atoms with Crippen LogP contribution in [0.3, 0.4) is 0 Å². The Morgan fingerprint density at radius 1 is 1.07 bits per heavy atom. The average Bonchev–Trinajstić information content (AvgIpc) is 3.54. The Balaban J connectivity index is 1.43. The Bertz CT molecular complexity index is 1060. The summed E-state index contributed by atoms with van der Waals surface area (Å²) in [5.41, 5.74) is 0.851. The van der Waals surface area contributed by atoms with Crippen LogP contribution in [0, 0.1) is 35.5 Å². The fourth-order valence-electron chi connectivity index (χ4n) is 7.60. The van der Waals surface area contributed by atoms with Crippen molar-refractivity contribution < 1.29 is 38.4 Å². The van der Waals surface area contributed by atoms with Gasteiger partial charge in [0.05, 0.1) is 37.1 Å². The molecular formula is C34H50O8. The predicted molar refractivity (Wildman–Crippen MR) is 158 cm³/mol. The Kier molecular flexibility index (Phi) is 11.4. The highest BCUT2D eigenvalue weighted by molar-refractivity contribution is 6.26. The van der Waals surface area contributed by atoms with Gasteiger partial charge in [-0.3, -0.25) is 14.4 Å². The van der Waals surface area contributed by atoms with Crippen LogP contribution in [-0.4, -0.2) is 66.9 Å². The molecule has 0 spiro atoms. The molecule has 8 heteroatoms. The number of hydrogen-bond donors (Lipinski definition) is 1. The van der Waals surface area contributed by atoms with Crippen LogP contribution in [0.15, 0.2) is 36.1 Å². The summed E-state index contributed by atoms with van der Waals surface area (Å²) in [6.45, 7) is 11.5. The number of allylic oxidation sites excluding steroid dienone is 2. The molecule has 11 atom stereocenters. The average molecular weight is 587 g/mol. The normalized spacial score (nSPS) is 37.7. The van der Waals surface area contributed by atoms with Crippen LogP contribution in [0.5, 0.6) is 0 Å². The van der Waals surface area contributed by atoms with Crippen LogP contribution in [0.2, 0.25) is 0 Å². The molecule has 0 aromatic carbocycles. The number of hydrogen-bond acceptors (Lipinski definition) is 8. The van der Waals surface area contributed by atoms with Crippen LogP contribution in [0.1, 0.15) is 79.1 Å². The highest BCUT2D eigenvalue weighted by atomic mass is 16.6. The molecule has 4 fully saturated rings. The molecule has 4 aliphatic rings. The van der Waals surface area contributed by atoms with E-state index in [2.05, 4.69) is 38.7 Å². The Morgan fingerprint density at radius 2 is 1.83 bits per heavy atom. The molecule has 0 amide bonds. The lowest BCUT2D eigenvalue weighted by molar-refractivity contribution is -0.146. The van der Waals surface area contributed by atoms with Crippen molar-refractivity contribution in [1.29, 1.82) is 0 Å². The molecule has 42 heavy (non-hydrogen) atoms.